The van der Waals surface area contributed by atoms with Crippen LogP contribution in [-0.4, -0.2) is 12.0 Å². The Labute approximate surface area is 118 Å². The molecule has 0 saturated carbocycles. The minimum absolute atomic E-state index is 0.643. The van der Waals surface area contributed by atoms with Crippen LogP contribution in [-0.2, 0) is 6.54 Å². The second kappa shape index (κ2) is 5.72. The number of aromatic nitrogens is 1. The van der Waals surface area contributed by atoms with E-state index in [0.29, 0.717) is 5.88 Å². The number of fused-ring (bicyclic) bond motifs is 1. The first-order chi connectivity index (χ1) is 9.86. The second-order valence-corrected chi connectivity index (χ2v) is 4.61. The smallest absolute Gasteiger partial charge is 0.227 e. The van der Waals surface area contributed by atoms with Crippen LogP contribution in [0.15, 0.2) is 60.8 Å². The maximum Gasteiger partial charge on any atom is 0.227 e. The lowest BCUT2D eigenvalue weighted by molar-refractivity contribution is 0.469. The normalized spacial score (nSPS) is 10.7. The van der Waals surface area contributed by atoms with E-state index in [2.05, 4.69) is 28.5 Å². The van der Waals surface area contributed by atoms with Gasteiger partial charge in [0.05, 0.1) is 0 Å². The summed E-state index contributed by atoms with van der Waals surface area (Å²) < 4.78 is 5.89. The van der Waals surface area contributed by atoms with Gasteiger partial charge < -0.3 is 10.1 Å². The number of rotatable bonds is 4. The van der Waals surface area contributed by atoms with Crippen molar-refractivity contribution in [2.75, 3.05) is 7.05 Å². The van der Waals surface area contributed by atoms with Gasteiger partial charge in [0.2, 0.25) is 5.88 Å². The summed E-state index contributed by atoms with van der Waals surface area (Å²) in [4.78, 5) is 4.33. The third-order valence-corrected chi connectivity index (χ3v) is 3.16. The largest absolute Gasteiger partial charge is 0.438 e. The van der Waals surface area contributed by atoms with Crippen LogP contribution >= 0.6 is 0 Å². The summed E-state index contributed by atoms with van der Waals surface area (Å²) in [6.07, 6.45) is 1.77. The highest BCUT2D eigenvalue weighted by Gasteiger charge is 2.04. The molecule has 20 heavy (non-hydrogen) atoms. The van der Waals surface area contributed by atoms with E-state index in [1.165, 1.54) is 5.56 Å². The van der Waals surface area contributed by atoms with Crippen molar-refractivity contribution in [1.82, 2.24) is 10.3 Å². The lowest BCUT2D eigenvalue weighted by atomic mass is 10.2. The molecule has 0 saturated heterocycles. The number of hydrogen-bond donors (Lipinski definition) is 1. The Hall–Kier alpha value is -2.39. The molecule has 0 aliphatic carbocycles. The van der Waals surface area contributed by atoms with Gasteiger partial charge in [0.1, 0.15) is 5.75 Å². The summed E-state index contributed by atoms with van der Waals surface area (Å²) in [6.45, 7) is 0.854. The third kappa shape index (κ3) is 2.63. The summed E-state index contributed by atoms with van der Waals surface area (Å²) in [5, 5.41) is 5.28. The van der Waals surface area contributed by atoms with Gasteiger partial charge >= 0.3 is 0 Å². The van der Waals surface area contributed by atoms with Gasteiger partial charge in [-0.15, -0.1) is 0 Å². The van der Waals surface area contributed by atoms with E-state index in [1.54, 1.807) is 6.20 Å². The van der Waals surface area contributed by atoms with Crippen LogP contribution in [0.4, 0.5) is 0 Å². The highest BCUT2D eigenvalue weighted by Crippen LogP contribution is 2.27. The van der Waals surface area contributed by atoms with E-state index in [-0.39, 0.29) is 0 Å². The number of nitrogens with zero attached hydrogens (tertiary/aromatic N) is 1. The SMILES string of the molecule is CNCc1ccc(Oc2nccc3ccccc23)cc1. The fourth-order valence-corrected chi connectivity index (χ4v) is 2.16. The van der Waals surface area contributed by atoms with Gasteiger partial charge in [-0.2, -0.15) is 0 Å². The molecular formula is C17H16N2O. The van der Waals surface area contributed by atoms with E-state index in [9.17, 15) is 0 Å². The Balaban J connectivity index is 1.89. The van der Waals surface area contributed by atoms with E-state index < -0.39 is 0 Å². The van der Waals surface area contributed by atoms with Crippen molar-refractivity contribution >= 4 is 10.8 Å². The average molecular weight is 264 g/mol. The Bertz CT molecular complexity index is 702. The van der Waals surface area contributed by atoms with E-state index in [1.807, 2.05) is 43.4 Å². The molecular weight excluding hydrogens is 248 g/mol. The lowest BCUT2D eigenvalue weighted by Crippen LogP contribution is -2.04. The molecule has 1 heterocycles. The van der Waals surface area contributed by atoms with Gasteiger partial charge in [-0.1, -0.05) is 30.3 Å². The summed E-state index contributed by atoms with van der Waals surface area (Å²) in [5.74, 6) is 1.44. The van der Waals surface area contributed by atoms with Gasteiger partial charge in [-0.05, 0) is 42.3 Å². The van der Waals surface area contributed by atoms with Crippen molar-refractivity contribution in [3.8, 4) is 11.6 Å². The van der Waals surface area contributed by atoms with Crippen molar-refractivity contribution in [1.29, 1.82) is 0 Å². The molecule has 0 spiro atoms. The Kier molecular flexibility index (Phi) is 3.61. The average Bonchev–Trinajstić information content (AvgIpc) is 2.50. The first-order valence-corrected chi connectivity index (χ1v) is 6.62. The molecule has 3 nitrogen and oxygen atoms in total. The maximum atomic E-state index is 5.89. The highest BCUT2D eigenvalue weighted by molar-refractivity contribution is 5.86. The first-order valence-electron chi connectivity index (χ1n) is 6.62. The molecule has 0 atom stereocenters. The standard InChI is InChI=1S/C17H16N2O/c1-18-12-13-6-8-15(9-7-13)20-17-16-5-3-2-4-14(16)10-11-19-17/h2-11,18H,12H2,1H3. The third-order valence-electron chi connectivity index (χ3n) is 3.16. The highest BCUT2D eigenvalue weighted by atomic mass is 16.5. The van der Waals surface area contributed by atoms with Crippen molar-refractivity contribution in [3.63, 3.8) is 0 Å². The minimum Gasteiger partial charge on any atom is -0.438 e. The van der Waals surface area contributed by atoms with Crippen molar-refractivity contribution in [2.24, 2.45) is 0 Å². The Morgan fingerprint density at radius 1 is 1.00 bits per heavy atom. The fourth-order valence-electron chi connectivity index (χ4n) is 2.16. The van der Waals surface area contributed by atoms with Crippen LogP contribution < -0.4 is 10.1 Å². The molecule has 3 aromatic rings. The number of hydrogen-bond acceptors (Lipinski definition) is 3. The van der Waals surface area contributed by atoms with Crippen LogP contribution in [0.25, 0.3) is 10.8 Å². The maximum absolute atomic E-state index is 5.89. The molecule has 3 heteroatoms. The zero-order valence-electron chi connectivity index (χ0n) is 11.3. The summed E-state index contributed by atoms with van der Waals surface area (Å²) in [5.41, 5.74) is 1.23. The summed E-state index contributed by atoms with van der Waals surface area (Å²) in [7, 11) is 1.93. The van der Waals surface area contributed by atoms with Crippen LogP contribution in [0.5, 0.6) is 11.6 Å². The Morgan fingerprint density at radius 2 is 1.80 bits per heavy atom. The van der Waals surface area contributed by atoms with Crippen LogP contribution in [0.2, 0.25) is 0 Å². The molecule has 0 radical (unpaired) electrons. The molecule has 2 aromatic carbocycles. The summed E-state index contributed by atoms with van der Waals surface area (Å²) in [6, 6.07) is 18.1. The molecule has 3 rings (SSSR count). The molecule has 0 unspecified atom stereocenters. The number of ether oxygens (including phenoxy) is 1. The minimum atomic E-state index is 0.643. The van der Waals surface area contributed by atoms with Gasteiger partial charge in [0.25, 0.3) is 0 Å². The number of benzene rings is 2. The zero-order valence-corrected chi connectivity index (χ0v) is 11.3. The molecule has 0 bridgehead atoms. The predicted octanol–water partition coefficient (Wildman–Crippen LogP) is 3.75. The molecule has 0 aliphatic heterocycles. The van der Waals surface area contributed by atoms with Crippen molar-refractivity contribution in [3.05, 3.63) is 66.4 Å². The molecule has 0 amide bonds. The first kappa shape index (κ1) is 12.6. The van der Waals surface area contributed by atoms with E-state index in [0.717, 1.165) is 23.1 Å². The molecule has 0 aliphatic rings. The molecule has 1 N–H and O–H groups in total. The topological polar surface area (TPSA) is 34.1 Å². The number of pyridine rings is 1. The van der Waals surface area contributed by atoms with E-state index >= 15 is 0 Å². The summed E-state index contributed by atoms with van der Waals surface area (Å²) >= 11 is 0. The van der Waals surface area contributed by atoms with Crippen LogP contribution in [0.3, 0.4) is 0 Å². The van der Waals surface area contributed by atoms with Gasteiger partial charge in [0.15, 0.2) is 0 Å². The Morgan fingerprint density at radius 3 is 2.60 bits per heavy atom. The molecule has 100 valence electrons. The van der Waals surface area contributed by atoms with Crippen molar-refractivity contribution < 1.29 is 4.74 Å². The fraction of sp³-hybridized carbons (Fsp3) is 0.118. The van der Waals surface area contributed by atoms with Gasteiger partial charge in [0, 0.05) is 18.1 Å². The predicted molar refractivity (Wildman–Crippen MR) is 81.0 cm³/mol. The number of nitrogens with one attached hydrogen (secondary N) is 1. The van der Waals surface area contributed by atoms with E-state index in [4.69, 9.17) is 4.74 Å². The van der Waals surface area contributed by atoms with Gasteiger partial charge in [-0.25, -0.2) is 4.98 Å². The van der Waals surface area contributed by atoms with Crippen LogP contribution in [0.1, 0.15) is 5.56 Å². The lowest BCUT2D eigenvalue weighted by Gasteiger charge is -2.08. The van der Waals surface area contributed by atoms with Crippen molar-refractivity contribution in [2.45, 2.75) is 6.54 Å². The quantitative estimate of drug-likeness (QED) is 0.779. The second-order valence-electron chi connectivity index (χ2n) is 4.61. The molecule has 1 aromatic heterocycles. The zero-order chi connectivity index (χ0) is 13.8. The monoisotopic (exact) mass is 264 g/mol. The van der Waals surface area contributed by atoms with Gasteiger partial charge in [-0.3, -0.25) is 0 Å². The molecule has 0 fully saturated rings. The van der Waals surface area contributed by atoms with Crippen LogP contribution in [0, 0.1) is 0 Å².